The first-order valence-corrected chi connectivity index (χ1v) is 10.9. The van der Waals surface area contributed by atoms with Crippen LogP contribution in [0.1, 0.15) is 43.4 Å². The zero-order chi connectivity index (χ0) is 22.6. The lowest BCUT2D eigenvalue weighted by atomic mass is 9.84. The average molecular weight is 435 g/mol. The zero-order valence-electron chi connectivity index (χ0n) is 18.1. The topological polar surface area (TPSA) is 62.7 Å². The lowest BCUT2D eigenvalue weighted by Gasteiger charge is -2.43. The van der Waals surface area contributed by atoms with Crippen LogP contribution in [0.25, 0.3) is 11.1 Å². The van der Waals surface area contributed by atoms with Crippen molar-refractivity contribution >= 4 is 6.09 Å². The molecule has 0 radical (unpaired) electrons. The van der Waals surface area contributed by atoms with Gasteiger partial charge < -0.3 is 14.7 Å². The predicted octanol–water partition coefficient (Wildman–Crippen LogP) is 5.46. The molecule has 0 saturated carbocycles. The quantitative estimate of drug-likeness (QED) is 0.536. The maximum absolute atomic E-state index is 13.5. The monoisotopic (exact) mass is 434 g/mol. The molecule has 2 aromatic carbocycles. The van der Waals surface area contributed by atoms with Crippen molar-refractivity contribution in [3.63, 3.8) is 0 Å². The maximum Gasteiger partial charge on any atom is 0.411 e. The van der Waals surface area contributed by atoms with Crippen LogP contribution < -0.4 is 0 Å². The fraction of sp³-hybridized carbons (Fsp3) is 0.308. The van der Waals surface area contributed by atoms with E-state index in [9.17, 15) is 14.3 Å². The number of aliphatic hydroxyl groups is 1. The van der Waals surface area contributed by atoms with Gasteiger partial charge in [0.1, 0.15) is 11.4 Å². The van der Waals surface area contributed by atoms with Gasteiger partial charge in [0.05, 0.1) is 12.2 Å². The molecule has 0 bridgehead atoms. The number of halogens is 1. The maximum atomic E-state index is 13.5. The minimum Gasteiger partial charge on any atom is -0.438 e. The summed E-state index contributed by atoms with van der Waals surface area (Å²) in [5, 5.41) is 9.36. The second kappa shape index (κ2) is 9.49. The van der Waals surface area contributed by atoms with E-state index in [0.717, 1.165) is 16.7 Å². The Morgan fingerprint density at radius 1 is 1.12 bits per heavy atom. The summed E-state index contributed by atoms with van der Waals surface area (Å²) < 4.78 is 19.5. The number of benzene rings is 2. The Labute approximate surface area is 187 Å². The highest BCUT2D eigenvalue weighted by Crippen LogP contribution is 2.40. The number of carbonyl (C=O) groups is 1. The summed E-state index contributed by atoms with van der Waals surface area (Å²) in [7, 11) is 0. The highest BCUT2D eigenvalue weighted by molar-refractivity contribution is 5.70. The highest BCUT2D eigenvalue weighted by Gasteiger charge is 2.43. The minimum atomic E-state index is -0.717. The zero-order valence-corrected chi connectivity index (χ0v) is 18.1. The lowest BCUT2D eigenvalue weighted by molar-refractivity contribution is -0.0680. The van der Waals surface area contributed by atoms with E-state index in [-0.39, 0.29) is 24.6 Å². The summed E-state index contributed by atoms with van der Waals surface area (Å²) >= 11 is 0. The molecule has 2 atom stereocenters. The molecule has 2 heterocycles. The second-order valence-electron chi connectivity index (χ2n) is 8.19. The normalized spacial score (nSPS) is 19.5. The molecule has 1 N–H and O–H groups in total. The summed E-state index contributed by atoms with van der Waals surface area (Å²) in [5.41, 5.74) is 2.78. The van der Waals surface area contributed by atoms with Gasteiger partial charge in [0.2, 0.25) is 0 Å². The van der Waals surface area contributed by atoms with Gasteiger partial charge in [-0.2, -0.15) is 0 Å². The van der Waals surface area contributed by atoms with Gasteiger partial charge in [-0.05, 0) is 42.5 Å². The SMILES string of the molecule is C[C@@H](c1ccc(-c2cncc(F)c2)cc1)N1CCC(CCCO)(c2ccccc2)OC1=O. The number of cyclic esters (lactones) is 1. The Morgan fingerprint density at radius 3 is 2.53 bits per heavy atom. The fourth-order valence-electron chi connectivity index (χ4n) is 4.35. The largest absolute Gasteiger partial charge is 0.438 e. The number of aliphatic hydroxyl groups excluding tert-OH is 1. The predicted molar refractivity (Wildman–Crippen MR) is 120 cm³/mol. The summed E-state index contributed by atoms with van der Waals surface area (Å²) in [6, 6.07) is 18.8. The van der Waals surface area contributed by atoms with Gasteiger partial charge in [-0.15, -0.1) is 0 Å². The van der Waals surface area contributed by atoms with Crippen molar-refractivity contribution in [3.05, 3.63) is 90.0 Å². The number of hydrogen-bond donors (Lipinski definition) is 1. The lowest BCUT2D eigenvalue weighted by Crippen LogP contribution is -2.48. The van der Waals surface area contributed by atoms with E-state index < -0.39 is 5.60 Å². The van der Waals surface area contributed by atoms with Crippen molar-refractivity contribution in [1.82, 2.24) is 9.88 Å². The molecule has 1 unspecified atom stereocenters. The van der Waals surface area contributed by atoms with Gasteiger partial charge in [-0.25, -0.2) is 9.18 Å². The first kappa shape index (κ1) is 22.0. The molecule has 0 spiro atoms. The molecule has 32 heavy (non-hydrogen) atoms. The van der Waals surface area contributed by atoms with Gasteiger partial charge in [0, 0.05) is 31.3 Å². The van der Waals surface area contributed by atoms with Crippen LogP contribution in [0.4, 0.5) is 9.18 Å². The third-order valence-corrected chi connectivity index (χ3v) is 6.21. The molecule has 1 aliphatic heterocycles. The van der Waals surface area contributed by atoms with Crippen molar-refractivity contribution in [2.24, 2.45) is 0 Å². The molecule has 1 aliphatic rings. The van der Waals surface area contributed by atoms with Crippen LogP contribution in [0.15, 0.2) is 73.1 Å². The first-order valence-electron chi connectivity index (χ1n) is 10.9. The van der Waals surface area contributed by atoms with E-state index in [1.165, 1.54) is 12.3 Å². The average Bonchev–Trinajstić information content (AvgIpc) is 2.83. The smallest absolute Gasteiger partial charge is 0.411 e. The minimum absolute atomic E-state index is 0.0550. The Balaban J connectivity index is 1.51. The van der Waals surface area contributed by atoms with Crippen molar-refractivity contribution in [2.45, 2.75) is 37.8 Å². The number of pyridine rings is 1. The van der Waals surface area contributed by atoms with Crippen LogP contribution in [0.3, 0.4) is 0 Å². The van der Waals surface area contributed by atoms with Crippen LogP contribution in [0.2, 0.25) is 0 Å². The van der Waals surface area contributed by atoms with Gasteiger partial charge in [-0.3, -0.25) is 4.98 Å². The van der Waals surface area contributed by atoms with Crippen LogP contribution >= 0.6 is 0 Å². The summed E-state index contributed by atoms with van der Waals surface area (Å²) in [6.07, 6.45) is 4.24. The molecule has 1 amide bonds. The molecule has 4 rings (SSSR count). The third-order valence-electron chi connectivity index (χ3n) is 6.21. The number of nitrogens with zero attached hydrogens (tertiary/aromatic N) is 2. The van der Waals surface area contributed by atoms with E-state index in [1.807, 2.05) is 61.5 Å². The van der Waals surface area contributed by atoms with E-state index in [2.05, 4.69) is 4.98 Å². The van der Waals surface area contributed by atoms with Crippen LogP contribution in [0.5, 0.6) is 0 Å². The fourth-order valence-corrected chi connectivity index (χ4v) is 4.35. The molecular weight excluding hydrogens is 407 g/mol. The van der Waals surface area contributed by atoms with Gasteiger partial charge in [-0.1, -0.05) is 54.6 Å². The van der Waals surface area contributed by atoms with Crippen LogP contribution in [-0.4, -0.2) is 34.2 Å². The molecule has 0 aliphatic carbocycles. The van der Waals surface area contributed by atoms with Gasteiger partial charge in [0.15, 0.2) is 0 Å². The Morgan fingerprint density at radius 2 is 1.88 bits per heavy atom. The van der Waals surface area contributed by atoms with E-state index in [0.29, 0.717) is 31.4 Å². The molecule has 1 saturated heterocycles. The molecular formula is C26H27FN2O3. The van der Waals surface area contributed by atoms with E-state index in [1.54, 1.807) is 11.1 Å². The number of aromatic nitrogens is 1. The summed E-state index contributed by atoms with van der Waals surface area (Å²) in [6.45, 7) is 2.58. The van der Waals surface area contributed by atoms with Crippen LogP contribution in [-0.2, 0) is 10.3 Å². The van der Waals surface area contributed by atoms with Gasteiger partial charge >= 0.3 is 6.09 Å². The number of amides is 1. The standard InChI is InChI=1S/C26H27FN2O3/c1-19(20-8-10-21(11-9-20)22-16-24(27)18-28-17-22)29-14-13-26(12-5-15-30,32-25(29)31)23-6-3-2-4-7-23/h2-4,6-11,16-19,30H,5,12-15H2,1H3/t19-,26?/m0/s1. The Hall–Kier alpha value is -3.25. The Kier molecular flexibility index (Phi) is 6.51. The summed E-state index contributed by atoms with van der Waals surface area (Å²) in [4.78, 5) is 18.7. The second-order valence-corrected chi connectivity index (χ2v) is 8.19. The van der Waals surface area contributed by atoms with E-state index >= 15 is 0 Å². The van der Waals surface area contributed by atoms with Crippen molar-refractivity contribution < 1.29 is 19.0 Å². The first-order chi connectivity index (χ1) is 15.5. The number of carbonyl (C=O) groups excluding carboxylic acids is 1. The molecule has 6 heteroatoms. The van der Waals surface area contributed by atoms with Crippen LogP contribution in [0, 0.1) is 5.82 Å². The van der Waals surface area contributed by atoms with E-state index in [4.69, 9.17) is 4.74 Å². The number of rotatable bonds is 7. The van der Waals surface area contributed by atoms with Gasteiger partial charge in [0.25, 0.3) is 0 Å². The van der Waals surface area contributed by atoms with Crippen molar-refractivity contribution in [1.29, 1.82) is 0 Å². The Bertz CT molecular complexity index is 1060. The molecule has 1 fully saturated rings. The highest BCUT2D eigenvalue weighted by atomic mass is 19.1. The van der Waals surface area contributed by atoms with Crippen molar-refractivity contribution in [2.75, 3.05) is 13.2 Å². The molecule has 166 valence electrons. The number of hydrogen-bond acceptors (Lipinski definition) is 4. The molecule has 3 aromatic rings. The summed E-state index contributed by atoms with van der Waals surface area (Å²) in [5.74, 6) is -0.376. The molecule has 5 nitrogen and oxygen atoms in total. The molecule has 1 aromatic heterocycles. The van der Waals surface area contributed by atoms with Crippen molar-refractivity contribution in [3.8, 4) is 11.1 Å². The third kappa shape index (κ3) is 4.50. The number of ether oxygens (including phenoxy) is 1.